The molecule has 82 valence electrons. The second-order valence-electron chi connectivity index (χ2n) is 4.56. The van der Waals surface area contributed by atoms with Crippen molar-refractivity contribution >= 4 is 21.4 Å². The second-order valence-corrected chi connectivity index (χ2v) is 5.62. The van der Waals surface area contributed by atoms with Gasteiger partial charge in [-0.15, -0.1) is 11.3 Å². The van der Waals surface area contributed by atoms with Crippen LogP contribution in [0.4, 0.5) is 0 Å². The van der Waals surface area contributed by atoms with Crippen LogP contribution in [0, 0.1) is 0 Å². The number of thiophene rings is 1. The zero-order chi connectivity index (χ0) is 11.2. The molecule has 1 aliphatic carbocycles. The molecule has 0 saturated heterocycles. The normalized spacial score (nSPS) is 13.4. The standard InChI is InChI=1S/C16H12S/c1-2-6-12-11(5-1)9-10-14-13-7-3-4-8-15(13)17-16(12)14/h1-8H,9-10H2. The van der Waals surface area contributed by atoms with Gasteiger partial charge in [-0.2, -0.15) is 0 Å². The summed E-state index contributed by atoms with van der Waals surface area (Å²) < 4.78 is 1.43. The van der Waals surface area contributed by atoms with Crippen LogP contribution in [-0.2, 0) is 12.8 Å². The van der Waals surface area contributed by atoms with Crippen LogP contribution < -0.4 is 0 Å². The van der Waals surface area contributed by atoms with E-state index in [1.807, 2.05) is 11.3 Å². The summed E-state index contributed by atoms with van der Waals surface area (Å²) in [7, 11) is 0. The average molecular weight is 236 g/mol. The molecule has 1 aromatic heterocycles. The third-order valence-electron chi connectivity index (χ3n) is 3.60. The van der Waals surface area contributed by atoms with Gasteiger partial charge in [0.2, 0.25) is 0 Å². The maximum Gasteiger partial charge on any atom is 0.0390 e. The predicted molar refractivity (Wildman–Crippen MR) is 74.7 cm³/mol. The summed E-state index contributed by atoms with van der Waals surface area (Å²) in [6, 6.07) is 17.6. The van der Waals surface area contributed by atoms with Crippen molar-refractivity contribution in [2.75, 3.05) is 0 Å². The van der Waals surface area contributed by atoms with Gasteiger partial charge in [0, 0.05) is 9.58 Å². The molecule has 0 radical (unpaired) electrons. The van der Waals surface area contributed by atoms with Crippen LogP contribution in [0.1, 0.15) is 11.1 Å². The highest BCUT2D eigenvalue weighted by Gasteiger charge is 2.19. The van der Waals surface area contributed by atoms with Crippen molar-refractivity contribution in [1.82, 2.24) is 0 Å². The molecule has 1 heterocycles. The molecular formula is C16H12S. The molecule has 2 aromatic carbocycles. The number of hydrogen-bond donors (Lipinski definition) is 0. The molecule has 0 spiro atoms. The smallest absolute Gasteiger partial charge is 0.0390 e. The summed E-state index contributed by atoms with van der Waals surface area (Å²) >= 11 is 1.94. The van der Waals surface area contributed by atoms with Gasteiger partial charge in [0.05, 0.1) is 0 Å². The molecule has 17 heavy (non-hydrogen) atoms. The maximum atomic E-state index is 2.27. The van der Waals surface area contributed by atoms with E-state index in [-0.39, 0.29) is 0 Å². The van der Waals surface area contributed by atoms with Crippen LogP contribution in [-0.4, -0.2) is 0 Å². The van der Waals surface area contributed by atoms with Gasteiger partial charge in [0.1, 0.15) is 0 Å². The van der Waals surface area contributed by atoms with Gasteiger partial charge >= 0.3 is 0 Å². The van der Waals surface area contributed by atoms with Crippen LogP contribution in [0.3, 0.4) is 0 Å². The van der Waals surface area contributed by atoms with Crippen molar-refractivity contribution < 1.29 is 0 Å². The Morgan fingerprint density at radius 2 is 1.65 bits per heavy atom. The van der Waals surface area contributed by atoms with E-state index < -0.39 is 0 Å². The van der Waals surface area contributed by atoms with Gasteiger partial charge in [-0.25, -0.2) is 0 Å². The molecule has 1 heteroatoms. The average Bonchev–Trinajstić information content (AvgIpc) is 2.78. The lowest BCUT2D eigenvalue weighted by molar-refractivity contribution is 0.957. The zero-order valence-electron chi connectivity index (χ0n) is 9.44. The van der Waals surface area contributed by atoms with Gasteiger partial charge in [-0.1, -0.05) is 42.5 Å². The van der Waals surface area contributed by atoms with E-state index in [9.17, 15) is 0 Å². The Labute approximate surface area is 105 Å². The molecule has 0 nitrogen and oxygen atoms in total. The summed E-state index contributed by atoms with van der Waals surface area (Å²) in [5, 5.41) is 1.46. The van der Waals surface area contributed by atoms with Crippen LogP contribution in [0.15, 0.2) is 48.5 Å². The number of benzene rings is 2. The third-order valence-corrected chi connectivity index (χ3v) is 4.85. The van der Waals surface area contributed by atoms with E-state index in [2.05, 4.69) is 48.5 Å². The fraction of sp³-hybridized carbons (Fsp3) is 0.125. The van der Waals surface area contributed by atoms with Crippen molar-refractivity contribution in [2.24, 2.45) is 0 Å². The van der Waals surface area contributed by atoms with Crippen molar-refractivity contribution in [2.45, 2.75) is 12.8 Å². The molecule has 0 bridgehead atoms. The minimum Gasteiger partial charge on any atom is -0.135 e. The van der Waals surface area contributed by atoms with Crippen LogP contribution >= 0.6 is 11.3 Å². The lowest BCUT2D eigenvalue weighted by atomic mass is 9.90. The molecule has 3 aromatic rings. The number of aryl methyl sites for hydroxylation is 2. The van der Waals surface area contributed by atoms with E-state index in [4.69, 9.17) is 0 Å². The highest BCUT2D eigenvalue weighted by Crippen LogP contribution is 2.43. The molecule has 0 saturated carbocycles. The summed E-state index contributed by atoms with van der Waals surface area (Å²) in [6.45, 7) is 0. The molecule has 4 rings (SSSR count). The quantitative estimate of drug-likeness (QED) is 0.532. The lowest BCUT2D eigenvalue weighted by Gasteiger charge is -2.15. The topological polar surface area (TPSA) is 0 Å². The Hall–Kier alpha value is -1.60. The van der Waals surface area contributed by atoms with Gasteiger partial charge in [-0.05, 0) is 41.0 Å². The zero-order valence-corrected chi connectivity index (χ0v) is 10.3. The molecule has 0 fully saturated rings. The van der Waals surface area contributed by atoms with E-state index in [0.717, 1.165) is 0 Å². The van der Waals surface area contributed by atoms with E-state index in [1.54, 1.807) is 5.56 Å². The van der Waals surface area contributed by atoms with Gasteiger partial charge in [0.15, 0.2) is 0 Å². The Balaban J connectivity index is 2.10. The monoisotopic (exact) mass is 236 g/mol. The SMILES string of the molecule is c1ccc2c(c1)CCc1c-2sc2ccccc12. The highest BCUT2D eigenvalue weighted by atomic mass is 32.1. The van der Waals surface area contributed by atoms with Crippen LogP contribution in [0.5, 0.6) is 0 Å². The van der Waals surface area contributed by atoms with Crippen LogP contribution in [0.25, 0.3) is 20.5 Å². The summed E-state index contributed by atoms with van der Waals surface area (Å²) in [5.41, 5.74) is 4.52. The first-order valence-electron chi connectivity index (χ1n) is 6.02. The maximum absolute atomic E-state index is 2.27. The van der Waals surface area contributed by atoms with Crippen molar-refractivity contribution in [3.05, 3.63) is 59.7 Å². The number of hydrogen-bond acceptors (Lipinski definition) is 1. The highest BCUT2D eigenvalue weighted by molar-refractivity contribution is 7.22. The minimum absolute atomic E-state index is 1.18. The van der Waals surface area contributed by atoms with E-state index in [0.29, 0.717) is 0 Å². The lowest BCUT2D eigenvalue weighted by Crippen LogP contribution is -2.00. The van der Waals surface area contributed by atoms with E-state index in [1.165, 1.54) is 38.9 Å². The molecule has 0 unspecified atom stereocenters. The van der Waals surface area contributed by atoms with E-state index >= 15 is 0 Å². The van der Waals surface area contributed by atoms with Gasteiger partial charge in [0.25, 0.3) is 0 Å². The molecule has 0 aliphatic heterocycles. The molecule has 0 N–H and O–H groups in total. The Kier molecular flexibility index (Phi) is 1.91. The van der Waals surface area contributed by atoms with Crippen molar-refractivity contribution in [1.29, 1.82) is 0 Å². The summed E-state index contributed by atoms with van der Waals surface area (Å²) in [6.07, 6.45) is 2.38. The first-order chi connectivity index (χ1) is 8.43. The first kappa shape index (κ1) is 9.43. The van der Waals surface area contributed by atoms with Gasteiger partial charge < -0.3 is 0 Å². The first-order valence-corrected chi connectivity index (χ1v) is 6.84. The Bertz CT molecular complexity index is 706. The summed E-state index contributed by atoms with van der Waals surface area (Å²) in [5.74, 6) is 0. The molecule has 0 amide bonds. The summed E-state index contributed by atoms with van der Waals surface area (Å²) in [4.78, 5) is 1.49. The third kappa shape index (κ3) is 1.29. The minimum atomic E-state index is 1.18. The predicted octanol–water partition coefficient (Wildman–Crippen LogP) is 4.67. The number of rotatable bonds is 0. The van der Waals surface area contributed by atoms with Gasteiger partial charge in [-0.3, -0.25) is 0 Å². The fourth-order valence-electron chi connectivity index (χ4n) is 2.78. The largest absolute Gasteiger partial charge is 0.135 e. The molecule has 1 aliphatic rings. The van der Waals surface area contributed by atoms with Crippen LogP contribution in [0.2, 0.25) is 0 Å². The fourth-order valence-corrected chi connectivity index (χ4v) is 4.10. The Morgan fingerprint density at radius 1 is 0.824 bits per heavy atom. The Morgan fingerprint density at radius 3 is 2.65 bits per heavy atom. The van der Waals surface area contributed by atoms with Crippen molar-refractivity contribution in [3.63, 3.8) is 0 Å². The molecular weight excluding hydrogens is 224 g/mol. The second kappa shape index (κ2) is 3.44. The van der Waals surface area contributed by atoms with Crippen molar-refractivity contribution in [3.8, 4) is 10.4 Å². The number of fused-ring (bicyclic) bond motifs is 5. The molecule has 0 atom stereocenters.